The molecule has 1 N–H and O–H groups in total. The SMILES string of the molecule is COCCOC(=O)C1=C(C)NC(C)=C(C(=O)OCCN2CCC(C(=O)c3ccc(F)cc3)CC2)C1c1cccc(Cl)c1Cl. The molecule has 1 fully saturated rings. The van der Waals surface area contributed by atoms with Gasteiger partial charge in [-0.25, -0.2) is 14.0 Å². The summed E-state index contributed by atoms with van der Waals surface area (Å²) in [6, 6.07) is 10.7. The second-order valence-corrected chi connectivity index (χ2v) is 11.3. The molecule has 0 aromatic heterocycles. The Morgan fingerprint density at radius 2 is 1.51 bits per heavy atom. The fourth-order valence-corrected chi connectivity index (χ4v) is 5.92. The second-order valence-electron chi connectivity index (χ2n) is 10.5. The van der Waals surface area contributed by atoms with Crippen LogP contribution in [0.2, 0.25) is 10.0 Å². The summed E-state index contributed by atoms with van der Waals surface area (Å²) < 4.78 is 29.4. The third-order valence-corrected chi connectivity index (χ3v) is 8.57. The number of hydrogen-bond donors (Lipinski definition) is 1. The Balaban J connectivity index is 1.43. The monoisotopic (exact) mass is 632 g/mol. The second kappa shape index (κ2) is 15.0. The molecule has 8 nitrogen and oxygen atoms in total. The number of piperidine rings is 1. The number of ether oxygens (including phenoxy) is 3. The first-order chi connectivity index (χ1) is 20.6. The zero-order chi connectivity index (χ0) is 31.1. The number of dihydropyridines is 1. The predicted octanol–water partition coefficient (Wildman–Crippen LogP) is 5.70. The van der Waals surface area contributed by atoms with Crippen molar-refractivity contribution in [3.8, 4) is 0 Å². The third-order valence-electron chi connectivity index (χ3n) is 7.74. The van der Waals surface area contributed by atoms with E-state index in [0.29, 0.717) is 55.0 Å². The van der Waals surface area contributed by atoms with Gasteiger partial charge in [0.15, 0.2) is 5.78 Å². The molecular formula is C32H35Cl2FN2O6. The molecule has 1 unspecified atom stereocenters. The van der Waals surface area contributed by atoms with Crippen molar-refractivity contribution in [2.75, 3.05) is 46.6 Å². The highest BCUT2D eigenvalue weighted by Crippen LogP contribution is 2.43. The van der Waals surface area contributed by atoms with Gasteiger partial charge >= 0.3 is 11.9 Å². The largest absolute Gasteiger partial charge is 0.461 e. The van der Waals surface area contributed by atoms with Crippen LogP contribution in [0.4, 0.5) is 4.39 Å². The molecule has 2 aromatic carbocycles. The lowest BCUT2D eigenvalue weighted by Crippen LogP contribution is -2.39. The molecule has 2 heterocycles. The van der Waals surface area contributed by atoms with Gasteiger partial charge in [0.1, 0.15) is 19.0 Å². The van der Waals surface area contributed by atoms with Gasteiger partial charge in [-0.1, -0.05) is 35.3 Å². The average molecular weight is 634 g/mol. The Labute approximate surface area is 260 Å². The van der Waals surface area contributed by atoms with Gasteiger partial charge in [-0.05, 0) is 75.7 Å². The lowest BCUT2D eigenvalue weighted by Gasteiger charge is -2.32. The van der Waals surface area contributed by atoms with Crippen molar-refractivity contribution in [2.45, 2.75) is 32.6 Å². The van der Waals surface area contributed by atoms with E-state index in [0.717, 1.165) is 0 Å². The Morgan fingerprint density at radius 1 is 0.907 bits per heavy atom. The summed E-state index contributed by atoms with van der Waals surface area (Å²) in [5.74, 6) is -2.57. The number of carbonyl (C=O) groups excluding carboxylic acids is 3. The van der Waals surface area contributed by atoms with Crippen molar-refractivity contribution in [3.05, 3.63) is 92.0 Å². The van der Waals surface area contributed by atoms with Gasteiger partial charge in [-0.15, -0.1) is 0 Å². The number of ketones is 1. The number of allylic oxidation sites excluding steroid dienone is 2. The summed E-state index contributed by atoms with van der Waals surface area (Å²) in [7, 11) is 1.50. The maximum atomic E-state index is 13.6. The van der Waals surface area contributed by atoms with Crippen LogP contribution in [0.5, 0.6) is 0 Å². The summed E-state index contributed by atoms with van der Waals surface area (Å²) in [6.45, 7) is 5.64. The number of benzene rings is 2. The van der Waals surface area contributed by atoms with Crippen LogP contribution in [0.15, 0.2) is 65.0 Å². The summed E-state index contributed by atoms with van der Waals surface area (Å²) in [4.78, 5) is 41.8. The van der Waals surface area contributed by atoms with E-state index < -0.39 is 17.9 Å². The van der Waals surface area contributed by atoms with E-state index >= 15 is 0 Å². The summed E-state index contributed by atoms with van der Waals surface area (Å²) in [5, 5.41) is 3.63. The fourth-order valence-electron chi connectivity index (χ4n) is 5.50. The highest BCUT2D eigenvalue weighted by molar-refractivity contribution is 6.42. The standard InChI is InChI=1S/C32H35Cl2FN2O6/c1-19-26(28(24-5-4-6-25(33)29(24)34)27(20(2)36-19)32(40)43-18-17-41-3)31(39)42-16-15-37-13-11-22(12-14-37)30(38)21-7-9-23(35)10-8-21/h4-10,22,28,36H,11-18H2,1-3H3. The van der Waals surface area contributed by atoms with Gasteiger partial charge in [0, 0.05) is 36.5 Å². The molecule has 2 aliphatic rings. The number of carbonyl (C=O) groups is 3. The number of methoxy groups -OCH3 is 1. The molecule has 43 heavy (non-hydrogen) atoms. The maximum Gasteiger partial charge on any atom is 0.336 e. The van der Waals surface area contributed by atoms with Crippen LogP contribution in [0.1, 0.15) is 48.5 Å². The number of hydrogen-bond acceptors (Lipinski definition) is 8. The van der Waals surface area contributed by atoms with Crippen LogP contribution in [-0.2, 0) is 23.8 Å². The van der Waals surface area contributed by atoms with Crippen molar-refractivity contribution in [1.29, 1.82) is 0 Å². The van der Waals surface area contributed by atoms with E-state index in [1.807, 2.05) is 0 Å². The van der Waals surface area contributed by atoms with Crippen molar-refractivity contribution >= 4 is 40.9 Å². The lowest BCUT2D eigenvalue weighted by molar-refractivity contribution is -0.141. The van der Waals surface area contributed by atoms with E-state index in [1.54, 1.807) is 32.0 Å². The Kier molecular flexibility index (Phi) is 11.4. The molecule has 2 aromatic rings. The molecule has 1 saturated heterocycles. The van der Waals surface area contributed by atoms with Crippen LogP contribution in [0.3, 0.4) is 0 Å². The van der Waals surface area contributed by atoms with Crippen LogP contribution in [-0.4, -0.2) is 69.2 Å². The van der Waals surface area contributed by atoms with Gasteiger partial charge in [0.25, 0.3) is 0 Å². The summed E-state index contributed by atoms with van der Waals surface area (Å²) >= 11 is 12.9. The molecule has 4 rings (SSSR count). The fraction of sp³-hybridized carbons (Fsp3) is 0.406. The number of nitrogens with zero attached hydrogens (tertiary/aromatic N) is 1. The predicted molar refractivity (Wildman–Crippen MR) is 161 cm³/mol. The summed E-state index contributed by atoms with van der Waals surface area (Å²) in [5.41, 5.74) is 2.50. The zero-order valence-electron chi connectivity index (χ0n) is 24.4. The molecule has 0 bridgehead atoms. The number of esters is 2. The van der Waals surface area contributed by atoms with E-state index in [9.17, 15) is 18.8 Å². The van der Waals surface area contributed by atoms with E-state index in [-0.39, 0.29) is 58.5 Å². The highest BCUT2D eigenvalue weighted by atomic mass is 35.5. The maximum absolute atomic E-state index is 13.6. The van der Waals surface area contributed by atoms with Gasteiger partial charge in [-0.2, -0.15) is 0 Å². The van der Waals surface area contributed by atoms with Crippen molar-refractivity contribution in [1.82, 2.24) is 10.2 Å². The molecular weight excluding hydrogens is 598 g/mol. The average Bonchev–Trinajstić information content (AvgIpc) is 2.98. The van der Waals surface area contributed by atoms with Gasteiger partial charge in [0.2, 0.25) is 0 Å². The minimum atomic E-state index is -0.872. The highest BCUT2D eigenvalue weighted by Gasteiger charge is 2.39. The first-order valence-corrected chi connectivity index (χ1v) is 14.9. The Hall–Kier alpha value is -3.24. The van der Waals surface area contributed by atoms with Crippen LogP contribution in [0, 0.1) is 11.7 Å². The van der Waals surface area contributed by atoms with Gasteiger partial charge < -0.3 is 19.5 Å². The van der Waals surface area contributed by atoms with Crippen LogP contribution in [0.25, 0.3) is 0 Å². The first-order valence-electron chi connectivity index (χ1n) is 14.1. The number of rotatable bonds is 11. The number of nitrogens with one attached hydrogen (secondary N) is 1. The molecule has 0 amide bonds. The van der Waals surface area contributed by atoms with Crippen LogP contribution >= 0.6 is 23.2 Å². The van der Waals surface area contributed by atoms with Gasteiger partial charge in [0.05, 0.1) is 33.7 Å². The van der Waals surface area contributed by atoms with Crippen molar-refractivity contribution in [2.24, 2.45) is 5.92 Å². The van der Waals surface area contributed by atoms with Crippen LogP contribution < -0.4 is 5.32 Å². The Morgan fingerprint density at radius 3 is 2.12 bits per heavy atom. The normalized spacial score (nSPS) is 18.0. The minimum absolute atomic E-state index is 0.0175. The molecule has 0 spiro atoms. The van der Waals surface area contributed by atoms with Gasteiger partial charge in [-0.3, -0.25) is 9.69 Å². The number of likely N-dealkylation sites (tertiary alicyclic amines) is 1. The van der Waals surface area contributed by atoms with Crippen molar-refractivity contribution in [3.63, 3.8) is 0 Å². The number of Topliss-reactive ketones (excluding diaryl/α,β-unsaturated/α-hetero) is 1. The van der Waals surface area contributed by atoms with E-state index in [1.165, 1.54) is 31.4 Å². The lowest BCUT2D eigenvalue weighted by atomic mass is 9.80. The smallest absolute Gasteiger partial charge is 0.336 e. The molecule has 1 atom stereocenters. The minimum Gasteiger partial charge on any atom is -0.461 e. The molecule has 0 aliphatic carbocycles. The number of halogens is 3. The summed E-state index contributed by atoms with van der Waals surface area (Å²) in [6.07, 6.45) is 1.32. The van der Waals surface area contributed by atoms with Crippen molar-refractivity contribution < 1.29 is 33.0 Å². The Bertz CT molecular complexity index is 1420. The topological polar surface area (TPSA) is 94.2 Å². The third kappa shape index (κ3) is 7.84. The molecule has 11 heteroatoms. The quantitative estimate of drug-likeness (QED) is 0.192. The molecule has 2 aliphatic heterocycles. The molecule has 0 saturated carbocycles. The first kappa shape index (κ1) is 32.7. The van der Waals surface area contributed by atoms with E-state index in [2.05, 4.69) is 10.2 Å². The zero-order valence-corrected chi connectivity index (χ0v) is 25.9. The van der Waals surface area contributed by atoms with E-state index in [4.69, 9.17) is 37.4 Å². The molecule has 0 radical (unpaired) electrons. The molecule has 230 valence electrons.